The number of nitrogens with one attached hydrogen (secondary N) is 1. The summed E-state index contributed by atoms with van der Waals surface area (Å²) in [5.41, 5.74) is -0.981. The largest absolute Gasteiger partial charge is 0.433 e. The minimum atomic E-state index is -4.55. The molecule has 0 aliphatic carbocycles. The Morgan fingerprint density at radius 2 is 2.05 bits per heavy atom. The van der Waals surface area contributed by atoms with Crippen molar-refractivity contribution in [2.75, 3.05) is 25.1 Å². The average Bonchev–Trinajstić information content (AvgIpc) is 2.84. The lowest BCUT2D eigenvalue weighted by atomic mass is 10.2. The molecule has 1 saturated heterocycles. The van der Waals surface area contributed by atoms with Crippen molar-refractivity contribution >= 4 is 5.82 Å². The first-order chi connectivity index (χ1) is 9.84. The van der Waals surface area contributed by atoms with E-state index in [-0.39, 0.29) is 17.9 Å². The highest BCUT2D eigenvalue weighted by atomic mass is 19.4. The molecule has 0 bridgehead atoms. The first kappa shape index (κ1) is 15.5. The number of aromatic nitrogens is 1. The zero-order valence-electron chi connectivity index (χ0n) is 11.3. The number of nitriles is 1. The van der Waals surface area contributed by atoms with Crippen LogP contribution < -0.4 is 5.32 Å². The van der Waals surface area contributed by atoms with E-state index in [2.05, 4.69) is 10.3 Å². The van der Waals surface area contributed by atoms with Gasteiger partial charge < -0.3 is 14.8 Å². The highest BCUT2D eigenvalue weighted by molar-refractivity contribution is 5.52. The molecule has 5 nitrogen and oxygen atoms in total. The molecule has 2 heterocycles. The average molecular weight is 301 g/mol. The van der Waals surface area contributed by atoms with Gasteiger partial charge in [-0.05, 0) is 19.1 Å². The maximum Gasteiger partial charge on any atom is 0.433 e. The number of hydrogen-bond acceptors (Lipinski definition) is 5. The number of alkyl halides is 3. The fourth-order valence-corrected chi connectivity index (χ4v) is 1.95. The van der Waals surface area contributed by atoms with Crippen molar-refractivity contribution in [1.82, 2.24) is 4.98 Å². The number of anilines is 1. The summed E-state index contributed by atoms with van der Waals surface area (Å²) in [4.78, 5) is 3.46. The maximum atomic E-state index is 12.6. The fraction of sp³-hybridized carbons (Fsp3) is 0.538. The molecule has 0 amide bonds. The van der Waals surface area contributed by atoms with Crippen molar-refractivity contribution in [3.05, 3.63) is 23.4 Å². The molecule has 1 aromatic heterocycles. The Hall–Kier alpha value is -1.85. The number of pyridine rings is 1. The van der Waals surface area contributed by atoms with E-state index >= 15 is 0 Å². The van der Waals surface area contributed by atoms with Gasteiger partial charge >= 0.3 is 6.18 Å². The molecule has 0 spiro atoms. The van der Waals surface area contributed by atoms with Gasteiger partial charge in [-0.2, -0.15) is 18.4 Å². The van der Waals surface area contributed by atoms with Crippen LogP contribution in [0.3, 0.4) is 0 Å². The third kappa shape index (κ3) is 3.83. The zero-order valence-corrected chi connectivity index (χ0v) is 11.3. The minimum absolute atomic E-state index is 0.0569. The lowest BCUT2D eigenvalue weighted by molar-refractivity contribution is -0.144. The lowest BCUT2D eigenvalue weighted by Crippen LogP contribution is -2.28. The summed E-state index contributed by atoms with van der Waals surface area (Å²) in [6.45, 7) is 3.01. The molecule has 0 aromatic carbocycles. The summed E-state index contributed by atoms with van der Waals surface area (Å²) in [7, 11) is 0. The summed E-state index contributed by atoms with van der Waals surface area (Å²) >= 11 is 0. The quantitative estimate of drug-likeness (QED) is 0.925. The van der Waals surface area contributed by atoms with Crippen LogP contribution in [0, 0.1) is 11.3 Å². The smallest absolute Gasteiger partial charge is 0.369 e. The fourth-order valence-electron chi connectivity index (χ4n) is 1.95. The van der Waals surface area contributed by atoms with Crippen LogP contribution in [0.1, 0.15) is 24.6 Å². The van der Waals surface area contributed by atoms with Crippen LogP contribution >= 0.6 is 0 Å². The van der Waals surface area contributed by atoms with E-state index in [0.29, 0.717) is 19.6 Å². The summed E-state index contributed by atoms with van der Waals surface area (Å²) in [5.74, 6) is -0.838. The van der Waals surface area contributed by atoms with Crippen molar-refractivity contribution < 1.29 is 22.6 Å². The molecule has 21 heavy (non-hydrogen) atoms. The Bertz CT molecular complexity index is 549. The molecule has 1 aliphatic rings. The molecule has 1 aromatic rings. The molecular weight excluding hydrogens is 287 g/mol. The van der Waals surface area contributed by atoms with Gasteiger partial charge in [-0.1, -0.05) is 0 Å². The van der Waals surface area contributed by atoms with E-state index in [1.807, 2.05) is 6.07 Å². The molecule has 0 unspecified atom stereocenters. The van der Waals surface area contributed by atoms with Gasteiger partial charge in [0, 0.05) is 13.0 Å². The van der Waals surface area contributed by atoms with E-state index in [1.54, 1.807) is 6.92 Å². The van der Waals surface area contributed by atoms with Crippen molar-refractivity contribution in [1.29, 1.82) is 5.26 Å². The molecule has 0 saturated carbocycles. The predicted molar refractivity (Wildman–Crippen MR) is 67.4 cm³/mol. The molecule has 0 radical (unpaired) electrons. The van der Waals surface area contributed by atoms with Crippen LogP contribution in [0.25, 0.3) is 0 Å². The van der Waals surface area contributed by atoms with Gasteiger partial charge in [-0.15, -0.1) is 0 Å². The number of ether oxygens (including phenoxy) is 2. The summed E-state index contributed by atoms with van der Waals surface area (Å²) in [6, 6.07) is 3.69. The van der Waals surface area contributed by atoms with Gasteiger partial charge in [0.05, 0.1) is 18.8 Å². The zero-order chi connectivity index (χ0) is 15.5. The Labute approximate surface area is 119 Å². The Kier molecular flexibility index (Phi) is 4.34. The maximum absolute atomic E-state index is 12.6. The minimum Gasteiger partial charge on any atom is -0.369 e. The third-order valence-electron chi connectivity index (χ3n) is 3.08. The molecule has 1 fully saturated rings. The summed E-state index contributed by atoms with van der Waals surface area (Å²) < 4.78 is 48.6. The SMILES string of the molecule is CC1(CCNc2nc(C(F)(F)F)ccc2C#N)OCCO1. The third-order valence-corrected chi connectivity index (χ3v) is 3.08. The second-order valence-electron chi connectivity index (χ2n) is 4.71. The lowest BCUT2D eigenvalue weighted by Gasteiger charge is -2.22. The Morgan fingerprint density at radius 1 is 1.38 bits per heavy atom. The van der Waals surface area contributed by atoms with Crippen LogP contribution in [0.4, 0.5) is 19.0 Å². The second kappa shape index (κ2) is 5.87. The standard InChI is InChI=1S/C13H14F3N3O2/c1-12(20-6-7-21-12)4-5-18-11-9(8-17)2-3-10(19-11)13(14,15)16/h2-3H,4-7H2,1H3,(H,18,19). The molecule has 8 heteroatoms. The van der Waals surface area contributed by atoms with Gasteiger partial charge in [-0.3, -0.25) is 0 Å². The van der Waals surface area contributed by atoms with E-state index in [1.165, 1.54) is 0 Å². The van der Waals surface area contributed by atoms with Crippen LogP contribution in [-0.2, 0) is 15.7 Å². The number of hydrogen-bond donors (Lipinski definition) is 1. The van der Waals surface area contributed by atoms with Crippen LogP contribution in [-0.4, -0.2) is 30.5 Å². The van der Waals surface area contributed by atoms with Crippen LogP contribution in [0.2, 0.25) is 0 Å². The van der Waals surface area contributed by atoms with Gasteiger partial charge in [0.2, 0.25) is 0 Å². The van der Waals surface area contributed by atoms with Gasteiger partial charge in [0.1, 0.15) is 17.6 Å². The topological polar surface area (TPSA) is 67.2 Å². The van der Waals surface area contributed by atoms with Crippen molar-refractivity contribution in [3.8, 4) is 6.07 Å². The first-order valence-corrected chi connectivity index (χ1v) is 6.34. The van der Waals surface area contributed by atoms with Crippen LogP contribution in [0.15, 0.2) is 12.1 Å². The monoisotopic (exact) mass is 301 g/mol. The molecular formula is C13H14F3N3O2. The number of halogens is 3. The Balaban J connectivity index is 2.06. The summed E-state index contributed by atoms with van der Waals surface area (Å²) in [6.07, 6.45) is -4.12. The highest BCUT2D eigenvalue weighted by Crippen LogP contribution is 2.29. The Morgan fingerprint density at radius 3 is 2.62 bits per heavy atom. The number of nitrogens with zero attached hydrogens (tertiary/aromatic N) is 2. The predicted octanol–water partition coefficient (Wildman–Crippen LogP) is 2.54. The summed E-state index contributed by atoms with van der Waals surface area (Å²) in [5, 5.41) is 11.6. The van der Waals surface area contributed by atoms with Crippen molar-refractivity contribution in [3.63, 3.8) is 0 Å². The van der Waals surface area contributed by atoms with E-state index < -0.39 is 17.7 Å². The van der Waals surface area contributed by atoms with Gasteiger partial charge in [0.25, 0.3) is 0 Å². The van der Waals surface area contributed by atoms with Gasteiger partial charge in [-0.25, -0.2) is 4.98 Å². The molecule has 1 aliphatic heterocycles. The van der Waals surface area contributed by atoms with Crippen molar-refractivity contribution in [2.45, 2.75) is 25.3 Å². The first-order valence-electron chi connectivity index (χ1n) is 6.34. The van der Waals surface area contributed by atoms with Crippen LogP contribution in [0.5, 0.6) is 0 Å². The van der Waals surface area contributed by atoms with Crippen molar-refractivity contribution in [2.24, 2.45) is 0 Å². The molecule has 0 atom stereocenters. The molecule has 2 rings (SSSR count). The second-order valence-corrected chi connectivity index (χ2v) is 4.71. The van der Waals surface area contributed by atoms with E-state index in [9.17, 15) is 13.2 Å². The molecule has 1 N–H and O–H groups in total. The van der Waals surface area contributed by atoms with E-state index in [4.69, 9.17) is 14.7 Å². The van der Waals surface area contributed by atoms with Gasteiger partial charge in [0.15, 0.2) is 5.79 Å². The number of rotatable bonds is 4. The normalized spacial score (nSPS) is 17.5. The van der Waals surface area contributed by atoms with E-state index in [0.717, 1.165) is 12.1 Å². The molecule has 114 valence electrons. The highest BCUT2D eigenvalue weighted by Gasteiger charge is 2.33.